The number of halogens is 1. The van der Waals surface area contributed by atoms with Crippen molar-refractivity contribution in [1.82, 2.24) is 0 Å². The van der Waals surface area contributed by atoms with Gasteiger partial charge in [0.05, 0.1) is 0 Å². The minimum Gasteiger partial charge on any atom is -0.402 e. The summed E-state index contributed by atoms with van der Waals surface area (Å²) in [6.45, 7) is 8.37. The highest BCUT2D eigenvalue weighted by molar-refractivity contribution is 5.68. The third-order valence-corrected chi connectivity index (χ3v) is 4.78. The molecule has 3 rings (SSSR count). The van der Waals surface area contributed by atoms with Crippen molar-refractivity contribution >= 4 is 0 Å². The van der Waals surface area contributed by atoms with Crippen molar-refractivity contribution in [1.29, 1.82) is 0 Å². The fourth-order valence-corrected chi connectivity index (χ4v) is 3.46. The smallest absolute Gasteiger partial charge is 0.126 e. The highest BCUT2D eigenvalue weighted by Crippen LogP contribution is 2.37. The van der Waals surface area contributed by atoms with Crippen molar-refractivity contribution in [2.75, 3.05) is 0 Å². The second kappa shape index (κ2) is 5.84. The van der Waals surface area contributed by atoms with Gasteiger partial charge in [0.25, 0.3) is 0 Å². The Morgan fingerprint density at radius 1 is 1.13 bits per heavy atom. The summed E-state index contributed by atoms with van der Waals surface area (Å²) in [6.07, 6.45) is 2.95. The number of rotatable bonds is 2. The fraction of sp³-hybridized carbons (Fsp3) is 0.333. The van der Waals surface area contributed by atoms with E-state index in [4.69, 9.17) is 5.73 Å². The van der Waals surface area contributed by atoms with Crippen LogP contribution in [0.5, 0.6) is 0 Å². The molecule has 1 unspecified atom stereocenters. The maximum absolute atomic E-state index is 14.0. The van der Waals surface area contributed by atoms with Gasteiger partial charge in [-0.15, -0.1) is 0 Å². The van der Waals surface area contributed by atoms with Gasteiger partial charge in [0.15, 0.2) is 0 Å². The van der Waals surface area contributed by atoms with Crippen LogP contribution in [0.2, 0.25) is 0 Å². The van der Waals surface area contributed by atoms with Gasteiger partial charge in [-0.1, -0.05) is 51.1 Å². The summed E-state index contributed by atoms with van der Waals surface area (Å²) < 4.78 is 14.0. The van der Waals surface area contributed by atoms with Gasteiger partial charge in [0.1, 0.15) is 5.82 Å². The summed E-state index contributed by atoms with van der Waals surface area (Å²) in [5.74, 6) is 0.562. The van der Waals surface area contributed by atoms with Gasteiger partial charge in [-0.2, -0.15) is 0 Å². The van der Waals surface area contributed by atoms with E-state index in [0.717, 1.165) is 23.2 Å². The second-order valence-corrected chi connectivity index (χ2v) is 6.96. The van der Waals surface area contributed by atoms with Crippen molar-refractivity contribution in [2.24, 2.45) is 5.73 Å². The van der Waals surface area contributed by atoms with E-state index in [9.17, 15) is 4.39 Å². The van der Waals surface area contributed by atoms with Crippen molar-refractivity contribution in [3.63, 3.8) is 0 Å². The Balaban J connectivity index is 2.19. The van der Waals surface area contributed by atoms with Gasteiger partial charge >= 0.3 is 0 Å². The Morgan fingerprint density at radius 3 is 2.52 bits per heavy atom. The molecule has 0 saturated carbocycles. The zero-order valence-corrected chi connectivity index (χ0v) is 14.3. The number of hydrogen-bond acceptors (Lipinski definition) is 1. The first-order valence-electron chi connectivity index (χ1n) is 8.26. The zero-order chi connectivity index (χ0) is 16.7. The van der Waals surface area contributed by atoms with E-state index in [-0.39, 0.29) is 5.82 Å². The standard InChI is InChI=1S/C21H24FN/c1-12(2)18-8-16(15-6-5-13(3)21(22)10-15)9-19-14(4)7-17(23)11-20(18)19/h5-10,12,14H,11,23H2,1-4H3. The normalized spacial score (nSPS) is 17.1. The fourth-order valence-electron chi connectivity index (χ4n) is 3.46. The Kier molecular flexibility index (Phi) is 4.01. The average Bonchev–Trinajstić information content (AvgIpc) is 2.49. The zero-order valence-electron chi connectivity index (χ0n) is 14.3. The Morgan fingerprint density at radius 2 is 1.87 bits per heavy atom. The minimum absolute atomic E-state index is 0.150. The van der Waals surface area contributed by atoms with Crippen LogP contribution < -0.4 is 5.73 Å². The van der Waals surface area contributed by atoms with Crippen LogP contribution in [0.1, 0.15) is 54.9 Å². The summed E-state index contributed by atoms with van der Waals surface area (Å²) in [6, 6.07) is 9.90. The Labute approximate surface area is 138 Å². The van der Waals surface area contributed by atoms with Crippen LogP contribution in [0.15, 0.2) is 42.1 Å². The molecule has 1 aliphatic carbocycles. The van der Waals surface area contributed by atoms with E-state index < -0.39 is 0 Å². The van der Waals surface area contributed by atoms with Gasteiger partial charge in [0.2, 0.25) is 0 Å². The van der Waals surface area contributed by atoms with Crippen molar-refractivity contribution in [2.45, 2.75) is 46.0 Å². The third-order valence-electron chi connectivity index (χ3n) is 4.78. The SMILES string of the molecule is Cc1ccc(-c2cc(C(C)C)c3c(c2)C(C)C=C(N)C3)cc1F. The highest BCUT2D eigenvalue weighted by Gasteiger charge is 2.21. The van der Waals surface area contributed by atoms with Gasteiger partial charge < -0.3 is 5.73 Å². The van der Waals surface area contributed by atoms with Crippen LogP contribution in [0.3, 0.4) is 0 Å². The van der Waals surface area contributed by atoms with Gasteiger partial charge in [0, 0.05) is 18.0 Å². The van der Waals surface area contributed by atoms with Crippen LogP contribution in [-0.2, 0) is 6.42 Å². The maximum atomic E-state index is 14.0. The van der Waals surface area contributed by atoms with Gasteiger partial charge in [-0.05, 0) is 52.3 Å². The Bertz CT molecular complexity index is 787. The average molecular weight is 309 g/mol. The predicted octanol–water partition coefficient (Wildman–Crippen LogP) is 5.43. The molecular formula is C21H24FN. The number of nitrogens with two attached hydrogens (primary N) is 1. The molecule has 0 aromatic heterocycles. The lowest BCUT2D eigenvalue weighted by Crippen LogP contribution is -2.15. The number of hydrogen-bond donors (Lipinski definition) is 1. The molecule has 0 radical (unpaired) electrons. The van der Waals surface area contributed by atoms with Crippen LogP contribution in [-0.4, -0.2) is 0 Å². The van der Waals surface area contributed by atoms with Crippen LogP contribution in [0, 0.1) is 12.7 Å². The molecule has 2 heteroatoms. The van der Waals surface area contributed by atoms with Crippen LogP contribution in [0.25, 0.3) is 11.1 Å². The lowest BCUT2D eigenvalue weighted by molar-refractivity contribution is 0.619. The molecule has 2 aromatic carbocycles. The molecule has 0 fully saturated rings. The van der Waals surface area contributed by atoms with E-state index in [2.05, 4.69) is 39.0 Å². The third kappa shape index (κ3) is 2.90. The first kappa shape index (κ1) is 15.8. The minimum atomic E-state index is -0.150. The molecule has 2 N–H and O–H groups in total. The van der Waals surface area contributed by atoms with Crippen molar-refractivity contribution in [3.8, 4) is 11.1 Å². The number of allylic oxidation sites excluding steroid dienone is 2. The maximum Gasteiger partial charge on any atom is 0.126 e. The number of aryl methyl sites for hydroxylation is 1. The first-order valence-corrected chi connectivity index (χ1v) is 8.26. The molecule has 0 aliphatic heterocycles. The lowest BCUT2D eigenvalue weighted by atomic mass is 9.80. The quantitative estimate of drug-likeness (QED) is 0.787. The van der Waals surface area contributed by atoms with Crippen LogP contribution in [0.4, 0.5) is 4.39 Å². The summed E-state index contributed by atoms with van der Waals surface area (Å²) in [5, 5.41) is 0. The summed E-state index contributed by atoms with van der Waals surface area (Å²) in [4.78, 5) is 0. The molecule has 23 heavy (non-hydrogen) atoms. The molecule has 0 spiro atoms. The van der Waals surface area contributed by atoms with Crippen molar-refractivity contribution in [3.05, 3.63) is 70.2 Å². The largest absolute Gasteiger partial charge is 0.402 e. The van der Waals surface area contributed by atoms with Crippen molar-refractivity contribution < 1.29 is 4.39 Å². The topological polar surface area (TPSA) is 26.0 Å². The van der Waals surface area contributed by atoms with E-state index in [1.165, 1.54) is 16.7 Å². The molecule has 1 atom stereocenters. The van der Waals surface area contributed by atoms with Gasteiger partial charge in [-0.25, -0.2) is 4.39 Å². The molecule has 2 aromatic rings. The number of benzene rings is 2. The summed E-state index contributed by atoms with van der Waals surface area (Å²) >= 11 is 0. The number of fused-ring (bicyclic) bond motifs is 1. The molecular weight excluding hydrogens is 285 g/mol. The van der Waals surface area contributed by atoms with E-state index >= 15 is 0 Å². The molecule has 0 heterocycles. The molecule has 0 bridgehead atoms. The molecule has 0 amide bonds. The summed E-state index contributed by atoms with van der Waals surface area (Å²) in [7, 11) is 0. The summed E-state index contributed by atoms with van der Waals surface area (Å²) in [5.41, 5.74) is 13.8. The second-order valence-electron chi connectivity index (χ2n) is 6.96. The monoisotopic (exact) mass is 309 g/mol. The molecule has 120 valence electrons. The van der Waals surface area contributed by atoms with E-state index in [1.54, 1.807) is 13.0 Å². The first-order chi connectivity index (χ1) is 10.9. The molecule has 1 aliphatic rings. The van der Waals surface area contributed by atoms with E-state index in [1.807, 2.05) is 12.1 Å². The highest BCUT2D eigenvalue weighted by atomic mass is 19.1. The van der Waals surface area contributed by atoms with Crippen LogP contribution >= 0.6 is 0 Å². The molecule has 0 saturated heterocycles. The molecule has 1 nitrogen and oxygen atoms in total. The Hall–Kier alpha value is -2.09. The van der Waals surface area contributed by atoms with E-state index in [0.29, 0.717) is 17.4 Å². The lowest BCUT2D eigenvalue weighted by Gasteiger charge is -2.26. The van der Waals surface area contributed by atoms with Gasteiger partial charge in [-0.3, -0.25) is 0 Å². The predicted molar refractivity (Wildman–Crippen MR) is 95.1 cm³/mol.